The number of benzene rings is 1. The van der Waals surface area contributed by atoms with Crippen LogP contribution in [-0.2, 0) is 11.3 Å². The topological polar surface area (TPSA) is 96.2 Å². The maximum absolute atomic E-state index is 5.65. The number of hydrogen-bond donors (Lipinski definition) is 1. The van der Waals surface area contributed by atoms with Crippen LogP contribution < -0.4 is 14.8 Å². The Morgan fingerprint density at radius 1 is 1.11 bits per heavy atom. The molecule has 2 fully saturated rings. The Morgan fingerprint density at radius 3 is 2.54 bits per heavy atom. The van der Waals surface area contributed by atoms with Gasteiger partial charge in [0.05, 0.1) is 32.7 Å². The van der Waals surface area contributed by atoms with Crippen LogP contribution in [0.2, 0.25) is 0 Å². The summed E-state index contributed by atoms with van der Waals surface area (Å²) in [6, 6.07) is 9.76. The molecule has 9 nitrogen and oxygen atoms in total. The molecule has 1 aliphatic carbocycles. The smallest absolute Gasteiger partial charge is 0.174 e. The first-order valence-electron chi connectivity index (χ1n) is 12.3. The molecule has 3 aromatic rings. The summed E-state index contributed by atoms with van der Waals surface area (Å²) in [4.78, 5) is 4.77. The van der Waals surface area contributed by atoms with Gasteiger partial charge in [0, 0.05) is 13.2 Å². The maximum Gasteiger partial charge on any atom is 0.174 e. The van der Waals surface area contributed by atoms with Gasteiger partial charge in [0.1, 0.15) is 17.5 Å². The van der Waals surface area contributed by atoms with Crippen molar-refractivity contribution < 1.29 is 14.2 Å². The number of aryl methyl sites for hydroxylation is 1. The van der Waals surface area contributed by atoms with Gasteiger partial charge >= 0.3 is 0 Å². The fraction of sp³-hybridized carbons (Fsp3) is 0.538. The van der Waals surface area contributed by atoms with E-state index in [0.717, 1.165) is 66.7 Å². The zero-order valence-corrected chi connectivity index (χ0v) is 20.7. The van der Waals surface area contributed by atoms with E-state index in [2.05, 4.69) is 27.8 Å². The third kappa shape index (κ3) is 4.88. The molecule has 9 heteroatoms. The molecular formula is C26H34N6O3. The lowest BCUT2D eigenvalue weighted by Gasteiger charge is -2.52. The molecule has 5 rings (SSSR count). The normalized spacial score (nSPS) is 19.8. The molecule has 2 aliphatic rings. The number of pyridine rings is 1. The minimum Gasteiger partial charge on any atom is -0.497 e. The maximum atomic E-state index is 5.65. The second kappa shape index (κ2) is 10.3. The highest BCUT2D eigenvalue weighted by Gasteiger charge is 2.47. The fourth-order valence-electron chi connectivity index (χ4n) is 5.49. The average molecular weight is 479 g/mol. The molecule has 1 saturated carbocycles. The predicted octanol–water partition coefficient (Wildman–Crippen LogP) is 3.33. The Morgan fingerprint density at radius 2 is 1.89 bits per heavy atom. The monoisotopic (exact) mass is 478 g/mol. The third-order valence-electron chi connectivity index (χ3n) is 7.83. The summed E-state index contributed by atoms with van der Waals surface area (Å²) in [5.41, 5.74) is 3.46. The summed E-state index contributed by atoms with van der Waals surface area (Å²) in [6.07, 6.45) is 6.60. The van der Waals surface area contributed by atoms with Gasteiger partial charge < -0.3 is 19.5 Å². The minimum absolute atomic E-state index is 0.230. The Labute approximate surface area is 206 Å². The minimum atomic E-state index is -0.230. The van der Waals surface area contributed by atoms with Gasteiger partial charge in [-0.25, -0.2) is 4.68 Å². The van der Waals surface area contributed by atoms with Crippen molar-refractivity contribution in [3.05, 3.63) is 59.2 Å². The molecule has 1 spiro atoms. The van der Waals surface area contributed by atoms with Crippen LogP contribution in [0.5, 0.6) is 11.5 Å². The van der Waals surface area contributed by atoms with Gasteiger partial charge in [0.25, 0.3) is 0 Å². The zero-order valence-electron chi connectivity index (χ0n) is 20.7. The Hall–Kier alpha value is -3.04. The van der Waals surface area contributed by atoms with E-state index in [-0.39, 0.29) is 6.04 Å². The number of aromatic nitrogens is 5. The average Bonchev–Trinajstić information content (AvgIpc) is 3.35. The predicted molar refractivity (Wildman–Crippen MR) is 130 cm³/mol. The summed E-state index contributed by atoms with van der Waals surface area (Å²) in [7, 11) is 3.33. The van der Waals surface area contributed by atoms with Gasteiger partial charge in [0.2, 0.25) is 0 Å². The molecule has 2 aromatic heterocycles. The quantitative estimate of drug-likeness (QED) is 0.500. The number of methoxy groups -OCH3 is 2. The van der Waals surface area contributed by atoms with Crippen LogP contribution in [-0.4, -0.2) is 59.2 Å². The van der Waals surface area contributed by atoms with Crippen molar-refractivity contribution >= 4 is 0 Å². The largest absolute Gasteiger partial charge is 0.497 e. The van der Waals surface area contributed by atoms with Crippen molar-refractivity contribution in [1.82, 2.24) is 30.5 Å². The lowest BCUT2D eigenvalue weighted by atomic mass is 9.56. The first-order chi connectivity index (χ1) is 17.1. The lowest BCUT2D eigenvalue weighted by Crippen LogP contribution is -2.49. The van der Waals surface area contributed by atoms with Gasteiger partial charge in [-0.2, -0.15) is 0 Å². The Balaban J connectivity index is 1.41. The number of hydrogen-bond acceptors (Lipinski definition) is 8. The summed E-state index contributed by atoms with van der Waals surface area (Å²) in [6.45, 7) is 5.26. The first kappa shape index (κ1) is 23.7. The highest BCUT2D eigenvalue weighted by atomic mass is 16.5. The summed E-state index contributed by atoms with van der Waals surface area (Å²) in [5, 5.41) is 16.6. The van der Waals surface area contributed by atoms with Crippen molar-refractivity contribution in [2.45, 2.75) is 45.2 Å². The van der Waals surface area contributed by atoms with Crippen LogP contribution >= 0.6 is 0 Å². The standard InChI is InChI=1S/C26H34N6O3/c1-18-14-22(34-3)16-28-23(18)24(27-15-20-8-9-26(20)10-12-35-13-11-26)25-29-30-31-32(25)17-19-4-6-21(33-2)7-5-19/h4-7,14,16,20,24,27H,8-13,15,17H2,1-3H3. The first-order valence-corrected chi connectivity index (χ1v) is 12.3. The summed E-state index contributed by atoms with van der Waals surface area (Å²) >= 11 is 0. The lowest BCUT2D eigenvalue weighted by molar-refractivity contribution is -0.0751. The van der Waals surface area contributed by atoms with Gasteiger partial charge in [-0.05, 0) is 90.2 Å². The molecule has 0 bridgehead atoms. The van der Waals surface area contributed by atoms with Gasteiger partial charge in [0.15, 0.2) is 5.82 Å². The van der Waals surface area contributed by atoms with E-state index < -0.39 is 0 Å². The van der Waals surface area contributed by atoms with Crippen LogP contribution in [0.25, 0.3) is 0 Å². The number of nitrogens with zero attached hydrogens (tertiary/aromatic N) is 5. The molecule has 0 radical (unpaired) electrons. The van der Waals surface area contributed by atoms with Crippen LogP contribution in [0.15, 0.2) is 36.5 Å². The summed E-state index contributed by atoms with van der Waals surface area (Å²) < 4.78 is 18.2. The zero-order chi connectivity index (χ0) is 24.3. The van der Waals surface area contributed by atoms with E-state index in [9.17, 15) is 0 Å². The van der Waals surface area contributed by atoms with Crippen LogP contribution in [0.4, 0.5) is 0 Å². The van der Waals surface area contributed by atoms with Gasteiger partial charge in [-0.1, -0.05) is 12.1 Å². The SMILES string of the molecule is COc1ccc(Cn2nnnc2C(NCC2CCC23CCOCC3)c2ncc(OC)cc2C)cc1. The third-order valence-corrected chi connectivity index (χ3v) is 7.83. The molecule has 35 heavy (non-hydrogen) atoms. The van der Waals surface area contributed by atoms with E-state index in [4.69, 9.17) is 19.2 Å². The number of tetrazole rings is 1. The van der Waals surface area contributed by atoms with Crippen LogP contribution in [0.3, 0.4) is 0 Å². The van der Waals surface area contributed by atoms with Gasteiger partial charge in [-0.15, -0.1) is 5.10 Å². The molecule has 186 valence electrons. The van der Waals surface area contributed by atoms with Gasteiger partial charge in [-0.3, -0.25) is 4.98 Å². The van der Waals surface area contributed by atoms with Crippen molar-refractivity contribution in [2.24, 2.45) is 11.3 Å². The molecule has 0 amide bonds. The molecule has 1 N–H and O–H groups in total. The van der Waals surface area contributed by atoms with Crippen molar-refractivity contribution in [3.8, 4) is 11.5 Å². The van der Waals surface area contributed by atoms with Crippen LogP contribution in [0, 0.1) is 18.3 Å². The van der Waals surface area contributed by atoms with Crippen LogP contribution in [0.1, 0.15) is 54.4 Å². The van der Waals surface area contributed by atoms with E-state index >= 15 is 0 Å². The number of ether oxygens (including phenoxy) is 3. The fourth-order valence-corrected chi connectivity index (χ4v) is 5.49. The Kier molecular flexibility index (Phi) is 6.97. The second-order valence-electron chi connectivity index (χ2n) is 9.67. The Bertz CT molecular complexity index is 1130. The van der Waals surface area contributed by atoms with Crippen molar-refractivity contribution in [1.29, 1.82) is 0 Å². The molecule has 2 atom stereocenters. The summed E-state index contributed by atoms with van der Waals surface area (Å²) in [5.74, 6) is 2.94. The van der Waals surface area contributed by atoms with Crippen molar-refractivity contribution in [3.63, 3.8) is 0 Å². The number of nitrogens with one attached hydrogen (secondary N) is 1. The highest BCUT2D eigenvalue weighted by molar-refractivity contribution is 5.33. The number of rotatable bonds is 9. The van der Waals surface area contributed by atoms with E-state index in [1.807, 2.05) is 35.0 Å². The highest BCUT2D eigenvalue weighted by Crippen LogP contribution is 2.53. The van der Waals surface area contributed by atoms with E-state index in [0.29, 0.717) is 17.9 Å². The second-order valence-corrected chi connectivity index (χ2v) is 9.67. The molecular weight excluding hydrogens is 444 g/mol. The van der Waals surface area contributed by atoms with Crippen molar-refractivity contribution in [2.75, 3.05) is 34.0 Å². The molecule has 1 aromatic carbocycles. The molecule has 2 unspecified atom stereocenters. The molecule has 3 heterocycles. The molecule has 1 aliphatic heterocycles. The van der Waals surface area contributed by atoms with E-state index in [1.165, 1.54) is 12.8 Å². The molecule has 1 saturated heterocycles. The van der Waals surface area contributed by atoms with E-state index in [1.54, 1.807) is 20.4 Å².